The van der Waals surface area contributed by atoms with Gasteiger partial charge in [-0.2, -0.15) is 0 Å². The second-order valence-corrected chi connectivity index (χ2v) is 6.13. The molecule has 1 aromatic carbocycles. The van der Waals surface area contributed by atoms with E-state index in [2.05, 4.69) is 10.3 Å². The zero-order valence-electron chi connectivity index (χ0n) is 15.4. The number of ether oxygens (including phenoxy) is 1. The lowest BCUT2D eigenvalue weighted by Crippen LogP contribution is -2.37. The van der Waals surface area contributed by atoms with Crippen LogP contribution in [0.5, 0.6) is 5.75 Å². The summed E-state index contributed by atoms with van der Waals surface area (Å²) in [5, 5.41) is 3.08. The number of rotatable bonds is 5. The fourth-order valence-corrected chi connectivity index (χ4v) is 2.78. The molecular formula is C19H20N4O4. The van der Waals surface area contributed by atoms with Gasteiger partial charge in [0.15, 0.2) is 0 Å². The minimum atomic E-state index is -0.489. The highest BCUT2D eigenvalue weighted by atomic mass is 16.5. The summed E-state index contributed by atoms with van der Waals surface area (Å²) in [6.07, 6.45) is 0.655. The molecule has 0 aliphatic heterocycles. The minimum absolute atomic E-state index is 0.153. The molecule has 0 bridgehead atoms. The molecule has 27 heavy (non-hydrogen) atoms. The van der Waals surface area contributed by atoms with Gasteiger partial charge < -0.3 is 10.1 Å². The van der Waals surface area contributed by atoms with Crippen molar-refractivity contribution in [1.29, 1.82) is 0 Å². The predicted molar refractivity (Wildman–Crippen MR) is 101 cm³/mol. The molecule has 0 spiro atoms. The molecule has 0 fully saturated rings. The summed E-state index contributed by atoms with van der Waals surface area (Å²) in [5.41, 5.74) is 0.476. The Kier molecular flexibility index (Phi) is 5.07. The van der Waals surface area contributed by atoms with E-state index in [1.54, 1.807) is 7.11 Å². The molecule has 2 heterocycles. The molecule has 140 valence electrons. The van der Waals surface area contributed by atoms with Crippen LogP contribution in [0.2, 0.25) is 0 Å². The van der Waals surface area contributed by atoms with Crippen molar-refractivity contribution >= 4 is 16.9 Å². The van der Waals surface area contributed by atoms with Crippen LogP contribution in [0.15, 0.2) is 46.0 Å². The van der Waals surface area contributed by atoms with E-state index in [0.29, 0.717) is 13.0 Å². The maximum atomic E-state index is 12.4. The molecule has 1 N–H and O–H groups in total. The third kappa shape index (κ3) is 3.59. The topological polar surface area (TPSA) is 95.2 Å². The number of hydrogen-bond donors (Lipinski definition) is 1. The van der Waals surface area contributed by atoms with Crippen LogP contribution in [-0.2, 0) is 20.5 Å². The van der Waals surface area contributed by atoms with Gasteiger partial charge >= 0.3 is 5.69 Å². The van der Waals surface area contributed by atoms with Gasteiger partial charge in [0, 0.05) is 20.6 Å². The zero-order valence-corrected chi connectivity index (χ0v) is 15.4. The number of methoxy groups -OCH3 is 1. The molecule has 8 heteroatoms. The average Bonchev–Trinajstić information content (AvgIpc) is 2.70. The molecule has 0 saturated heterocycles. The highest BCUT2D eigenvalue weighted by molar-refractivity contribution is 5.94. The van der Waals surface area contributed by atoms with Gasteiger partial charge in [-0.15, -0.1) is 0 Å². The van der Waals surface area contributed by atoms with Crippen molar-refractivity contribution in [2.75, 3.05) is 13.7 Å². The smallest absolute Gasteiger partial charge is 0.332 e. The van der Waals surface area contributed by atoms with Gasteiger partial charge in [0.25, 0.3) is 11.5 Å². The summed E-state index contributed by atoms with van der Waals surface area (Å²) >= 11 is 0. The molecule has 0 aliphatic carbocycles. The quantitative estimate of drug-likeness (QED) is 0.712. The predicted octanol–water partition coefficient (Wildman–Crippen LogP) is 0.613. The highest BCUT2D eigenvalue weighted by Crippen LogP contribution is 2.11. The van der Waals surface area contributed by atoms with E-state index in [0.717, 1.165) is 15.9 Å². The molecule has 0 unspecified atom stereocenters. The van der Waals surface area contributed by atoms with Crippen LogP contribution in [0.25, 0.3) is 11.0 Å². The summed E-state index contributed by atoms with van der Waals surface area (Å²) in [4.78, 5) is 40.8. The van der Waals surface area contributed by atoms with Crippen LogP contribution in [-0.4, -0.2) is 33.7 Å². The van der Waals surface area contributed by atoms with Gasteiger partial charge in [0.1, 0.15) is 17.1 Å². The molecule has 0 aliphatic rings. The molecule has 2 aromatic heterocycles. The molecule has 1 amide bonds. The van der Waals surface area contributed by atoms with Crippen LogP contribution in [0, 0.1) is 0 Å². The summed E-state index contributed by atoms with van der Waals surface area (Å²) < 4.78 is 7.38. The number of aryl methyl sites for hydroxylation is 1. The number of fused-ring (bicyclic) bond motifs is 1. The maximum Gasteiger partial charge on any atom is 0.332 e. The number of carbonyl (C=O) groups excluding carboxylic acids is 1. The van der Waals surface area contributed by atoms with Crippen LogP contribution in [0.3, 0.4) is 0 Å². The highest BCUT2D eigenvalue weighted by Gasteiger charge is 2.13. The molecule has 3 rings (SSSR count). The summed E-state index contributed by atoms with van der Waals surface area (Å²) in [6.45, 7) is 0.431. The Morgan fingerprint density at radius 2 is 1.78 bits per heavy atom. The van der Waals surface area contributed by atoms with Crippen molar-refractivity contribution in [2.45, 2.75) is 6.42 Å². The number of benzene rings is 1. The molecule has 3 aromatic rings. The third-order valence-corrected chi connectivity index (χ3v) is 4.39. The first-order valence-electron chi connectivity index (χ1n) is 8.40. The first kappa shape index (κ1) is 18.4. The molecule has 0 atom stereocenters. The number of aromatic nitrogens is 3. The average molecular weight is 368 g/mol. The lowest BCUT2D eigenvalue weighted by molar-refractivity contribution is 0.0949. The minimum Gasteiger partial charge on any atom is -0.497 e. The van der Waals surface area contributed by atoms with Gasteiger partial charge in [0.2, 0.25) is 0 Å². The van der Waals surface area contributed by atoms with E-state index in [1.165, 1.54) is 30.8 Å². The summed E-state index contributed by atoms with van der Waals surface area (Å²) in [6, 6.07) is 10.6. The molecule has 0 saturated carbocycles. The number of nitrogens with zero attached hydrogens (tertiary/aromatic N) is 3. The van der Waals surface area contributed by atoms with E-state index in [4.69, 9.17) is 4.74 Å². The fourth-order valence-electron chi connectivity index (χ4n) is 2.78. The molecule has 8 nitrogen and oxygen atoms in total. The van der Waals surface area contributed by atoms with Crippen molar-refractivity contribution < 1.29 is 9.53 Å². The lowest BCUT2D eigenvalue weighted by Gasteiger charge is -2.09. The van der Waals surface area contributed by atoms with E-state index in [9.17, 15) is 14.4 Å². The van der Waals surface area contributed by atoms with Crippen molar-refractivity contribution in [3.63, 3.8) is 0 Å². The SMILES string of the molecule is COc1ccc(CCNC(=O)c2ccc3c(=O)n(C)c(=O)n(C)c3n2)cc1. The molecular weight excluding hydrogens is 348 g/mol. The first-order valence-corrected chi connectivity index (χ1v) is 8.40. The van der Waals surface area contributed by atoms with Crippen LogP contribution >= 0.6 is 0 Å². The number of hydrogen-bond acceptors (Lipinski definition) is 5. The van der Waals surface area contributed by atoms with Crippen LogP contribution in [0.4, 0.5) is 0 Å². The van der Waals surface area contributed by atoms with Gasteiger partial charge in [-0.3, -0.25) is 18.7 Å². The molecule has 0 radical (unpaired) electrons. The van der Waals surface area contributed by atoms with E-state index < -0.39 is 11.2 Å². The van der Waals surface area contributed by atoms with Crippen molar-refractivity contribution in [3.05, 3.63) is 68.5 Å². The first-order chi connectivity index (χ1) is 12.9. The van der Waals surface area contributed by atoms with Gasteiger partial charge in [0.05, 0.1) is 12.5 Å². The third-order valence-electron chi connectivity index (χ3n) is 4.39. The van der Waals surface area contributed by atoms with E-state index in [-0.39, 0.29) is 22.6 Å². The largest absolute Gasteiger partial charge is 0.497 e. The number of carbonyl (C=O) groups is 1. The number of amides is 1. The van der Waals surface area contributed by atoms with Gasteiger partial charge in [-0.1, -0.05) is 12.1 Å². The Bertz CT molecular complexity index is 1110. The summed E-state index contributed by atoms with van der Waals surface area (Å²) in [5.74, 6) is 0.415. The Morgan fingerprint density at radius 1 is 1.07 bits per heavy atom. The normalized spacial score (nSPS) is 10.8. The number of nitrogens with one attached hydrogen (secondary N) is 1. The number of pyridine rings is 1. The maximum absolute atomic E-state index is 12.4. The van der Waals surface area contributed by atoms with Crippen molar-refractivity contribution in [3.8, 4) is 5.75 Å². The monoisotopic (exact) mass is 368 g/mol. The second-order valence-electron chi connectivity index (χ2n) is 6.13. The van der Waals surface area contributed by atoms with Gasteiger partial charge in [-0.05, 0) is 36.2 Å². The second kappa shape index (κ2) is 7.45. The Labute approximate surface area is 155 Å². The summed E-state index contributed by atoms with van der Waals surface area (Å²) in [7, 11) is 4.53. The van der Waals surface area contributed by atoms with Crippen LogP contribution in [0.1, 0.15) is 16.1 Å². The van der Waals surface area contributed by atoms with Crippen molar-refractivity contribution in [2.24, 2.45) is 14.1 Å². The van der Waals surface area contributed by atoms with Crippen molar-refractivity contribution in [1.82, 2.24) is 19.4 Å². The Balaban J connectivity index is 1.75. The van der Waals surface area contributed by atoms with Crippen LogP contribution < -0.4 is 21.3 Å². The Hall–Kier alpha value is -3.42. The van der Waals surface area contributed by atoms with E-state index in [1.807, 2.05) is 24.3 Å². The Morgan fingerprint density at radius 3 is 2.44 bits per heavy atom. The lowest BCUT2D eigenvalue weighted by atomic mass is 10.1. The zero-order chi connectivity index (χ0) is 19.6. The standard InChI is InChI=1S/C19H20N4O4/c1-22-16-14(18(25)23(2)19(22)26)8-9-15(21-16)17(24)20-11-10-12-4-6-13(27-3)7-5-12/h4-9H,10-11H2,1-3H3,(H,20,24). The fraction of sp³-hybridized carbons (Fsp3) is 0.263. The van der Waals surface area contributed by atoms with E-state index >= 15 is 0 Å². The van der Waals surface area contributed by atoms with Gasteiger partial charge in [-0.25, -0.2) is 9.78 Å².